The van der Waals surface area contributed by atoms with Crippen LogP contribution in [0.2, 0.25) is 0 Å². The molecule has 0 aliphatic carbocycles. The van der Waals surface area contributed by atoms with E-state index in [0.717, 1.165) is 28.3 Å². The van der Waals surface area contributed by atoms with Gasteiger partial charge in [-0.25, -0.2) is 14.5 Å². The first-order valence-corrected chi connectivity index (χ1v) is 10.2. The molecule has 1 aliphatic heterocycles. The molecule has 1 fully saturated rings. The summed E-state index contributed by atoms with van der Waals surface area (Å²) in [6.45, 7) is 8.60. The van der Waals surface area contributed by atoms with Gasteiger partial charge in [-0.1, -0.05) is 0 Å². The number of hydrogen-bond donors (Lipinski definition) is 0. The molecule has 3 aromatic rings. The summed E-state index contributed by atoms with van der Waals surface area (Å²) in [7, 11) is 0. The maximum atomic E-state index is 12.8. The van der Waals surface area contributed by atoms with Gasteiger partial charge in [0.05, 0.1) is 11.3 Å². The van der Waals surface area contributed by atoms with Crippen LogP contribution in [-0.4, -0.2) is 56.6 Å². The number of rotatable bonds is 4. The molecule has 1 saturated heterocycles. The number of anilines is 1. The Morgan fingerprint density at radius 1 is 1.20 bits per heavy atom. The first-order chi connectivity index (χ1) is 14.5. The van der Waals surface area contributed by atoms with Crippen molar-refractivity contribution in [3.8, 4) is 6.07 Å². The van der Waals surface area contributed by atoms with Gasteiger partial charge in [0.1, 0.15) is 11.9 Å². The van der Waals surface area contributed by atoms with E-state index >= 15 is 0 Å². The number of amides is 1. The van der Waals surface area contributed by atoms with E-state index in [1.165, 1.54) is 0 Å². The lowest BCUT2D eigenvalue weighted by Gasteiger charge is -2.35. The van der Waals surface area contributed by atoms with Gasteiger partial charge in [0, 0.05) is 56.3 Å². The predicted molar refractivity (Wildman–Crippen MR) is 113 cm³/mol. The number of nitrogens with zero attached hydrogens (tertiary/aromatic N) is 7. The minimum absolute atomic E-state index is 0.145. The fourth-order valence-electron chi connectivity index (χ4n) is 4.10. The zero-order valence-electron chi connectivity index (χ0n) is 17.6. The third-order valence-corrected chi connectivity index (χ3v) is 5.71. The lowest BCUT2D eigenvalue weighted by atomic mass is 10.1. The highest BCUT2D eigenvalue weighted by Crippen LogP contribution is 2.20. The number of carbonyl (C=O) groups is 1. The molecule has 3 aromatic heterocycles. The van der Waals surface area contributed by atoms with E-state index in [4.69, 9.17) is 0 Å². The van der Waals surface area contributed by atoms with E-state index in [1.54, 1.807) is 18.3 Å². The van der Waals surface area contributed by atoms with Crippen molar-refractivity contribution in [3.63, 3.8) is 0 Å². The second-order valence-electron chi connectivity index (χ2n) is 7.67. The van der Waals surface area contributed by atoms with Crippen LogP contribution in [0.25, 0.3) is 5.65 Å². The van der Waals surface area contributed by atoms with E-state index in [-0.39, 0.29) is 5.91 Å². The maximum Gasteiger partial charge on any atom is 0.223 e. The summed E-state index contributed by atoms with van der Waals surface area (Å²) in [5.74, 6) is 0.846. The minimum Gasteiger partial charge on any atom is -0.352 e. The van der Waals surface area contributed by atoms with Crippen molar-refractivity contribution in [2.75, 3.05) is 31.1 Å². The van der Waals surface area contributed by atoms with E-state index in [1.807, 2.05) is 36.3 Å². The Morgan fingerprint density at radius 2 is 1.97 bits per heavy atom. The van der Waals surface area contributed by atoms with Crippen molar-refractivity contribution in [2.24, 2.45) is 0 Å². The topological polar surface area (TPSA) is 90.4 Å². The van der Waals surface area contributed by atoms with Gasteiger partial charge >= 0.3 is 0 Å². The summed E-state index contributed by atoms with van der Waals surface area (Å²) in [5, 5.41) is 13.8. The highest BCUT2D eigenvalue weighted by atomic mass is 16.2. The molecule has 0 radical (unpaired) electrons. The van der Waals surface area contributed by atoms with Crippen LogP contribution in [0.5, 0.6) is 0 Å². The molecule has 0 bridgehead atoms. The number of aryl methyl sites for hydroxylation is 3. The Bertz CT molecular complexity index is 1140. The van der Waals surface area contributed by atoms with Crippen LogP contribution >= 0.6 is 0 Å². The molecule has 0 unspecified atom stereocenters. The van der Waals surface area contributed by atoms with Crippen molar-refractivity contribution in [3.05, 3.63) is 52.6 Å². The fraction of sp³-hybridized carbons (Fsp3) is 0.409. The standard InChI is InChI=1S/C22H25N7O/c1-15-13-20-25-16(2)19(17(3)29(20)26-15)6-7-21(30)27-9-11-28(12-10-27)22-18(14-23)5-4-8-24-22/h4-5,8,13H,6-7,9-12H2,1-3H3. The lowest BCUT2D eigenvalue weighted by Crippen LogP contribution is -2.49. The van der Waals surface area contributed by atoms with Crippen LogP contribution < -0.4 is 4.90 Å². The third-order valence-electron chi connectivity index (χ3n) is 5.71. The quantitative estimate of drug-likeness (QED) is 0.663. The maximum absolute atomic E-state index is 12.8. The van der Waals surface area contributed by atoms with Crippen LogP contribution in [0, 0.1) is 32.1 Å². The Labute approximate surface area is 175 Å². The molecule has 154 valence electrons. The number of piperazine rings is 1. The summed E-state index contributed by atoms with van der Waals surface area (Å²) in [4.78, 5) is 25.8. The second kappa shape index (κ2) is 8.11. The molecule has 4 heterocycles. The molecule has 4 rings (SSSR count). The van der Waals surface area contributed by atoms with Crippen molar-refractivity contribution in [1.29, 1.82) is 5.26 Å². The van der Waals surface area contributed by atoms with Crippen LogP contribution in [0.3, 0.4) is 0 Å². The number of aromatic nitrogens is 4. The number of pyridine rings is 1. The highest BCUT2D eigenvalue weighted by Gasteiger charge is 2.23. The fourth-order valence-corrected chi connectivity index (χ4v) is 4.10. The summed E-state index contributed by atoms with van der Waals surface area (Å²) >= 11 is 0. The van der Waals surface area contributed by atoms with Crippen LogP contribution in [0.4, 0.5) is 5.82 Å². The van der Waals surface area contributed by atoms with Gasteiger partial charge in [-0.05, 0) is 44.9 Å². The smallest absolute Gasteiger partial charge is 0.223 e. The molecular weight excluding hydrogens is 378 g/mol. The van der Waals surface area contributed by atoms with Gasteiger partial charge < -0.3 is 9.80 Å². The van der Waals surface area contributed by atoms with Gasteiger partial charge in [0.2, 0.25) is 5.91 Å². The number of carbonyl (C=O) groups excluding carboxylic acids is 1. The first kappa shape index (κ1) is 19.8. The normalized spacial score (nSPS) is 14.2. The van der Waals surface area contributed by atoms with Gasteiger partial charge in [-0.15, -0.1) is 0 Å². The summed E-state index contributed by atoms with van der Waals surface area (Å²) < 4.78 is 1.86. The van der Waals surface area contributed by atoms with E-state index in [9.17, 15) is 10.1 Å². The van der Waals surface area contributed by atoms with Crippen molar-refractivity contribution in [1.82, 2.24) is 24.5 Å². The van der Waals surface area contributed by atoms with Crippen LogP contribution in [0.1, 0.15) is 34.6 Å². The highest BCUT2D eigenvalue weighted by molar-refractivity contribution is 5.77. The van der Waals surface area contributed by atoms with Gasteiger partial charge in [0.25, 0.3) is 0 Å². The molecule has 0 N–H and O–H groups in total. The van der Waals surface area contributed by atoms with Gasteiger partial charge in [-0.2, -0.15) is 10.4 Å². The molecule has 0 aromatic carbocycles. The average molecular weight is 403 g/mol. The summed E-state index contributed by atoms with van der Waals surface area (Å²) in [6.07, 6.45) is 2.80. The van der Waals surface area contributed by atoms with Crippen LogP contribution in [0.15, 0.2) is 24.4 Å². The zero-order valence-corrected chi connectivity index (χ0v) is 17.6. The molecule has 1 aliphatic rings. The number of fused-ring (bicyclic) bond motifs is 1. The molecule has 30 heavy (non-hydrogen) atoms. The van der Waals surface area contributed by atoms with E-state index in [0.29, 0.717) is 50.4 Å². The van der Waals surface area contributed by atoms with E-state index in [2.05, 4.69) is 26.0 Å². The van der Waals surface area contributed by atoms with Gasteiger partial charge in [0.15, 0.2) is 5.65 Å². The molecule has 0 spiro atoms. The average Bonchev–Trinajstić information content (AvgIpc) is 3.13. The Kier molecular flexibility index (Phi) is 5.36. The van der Waals surface area contributed by atoms with Crippen molar-refractivity contribution >= 4 is 17.4 Å². The zero-order chi connectivity index (χ0) is 21.3. The monoisotopic (exact) mass is 403 g/mol. The molecular formula is C22H25N7O. The van der Waals surface area contributed by atoms with Gasteiger partial charge in [-0.3, -0.25) is 4.79 Å². The molecule has 0 saturated carbocycles. The second-order valence-corrected chi connectivity index (χ2v) is 7.67. The lowest BCUT2D eigenvalue weighted by molar-refractivity contribution is -0.131. The summed E-state index contributed by atoms with van der Waals surface area (Å²) in [5.41, 5.74) is 5.44. The van der Waals surface area contributed by atoms with Crippen molar-refractivity contribution < 1.29 is 4.79 Å². The first-order valence-electron chi connectivity index (χ1n) is 10.2. The molecule has 8 heteroatoms. The minimum atomic E-state index is 0.145. The SMILES string of the molecule is Cc1cc2nc(C)c(CCC(=O)N3CCN(c4ncccc4C#N)CC3)c(C)n2n1. The van der Waals surface area contributed by atoms with Crippen LogP contribution in [-0.2, 0) is 11.2 Å². The number of hydrogen-bond acceptors (Lipinski definition) is 6. The Balaban J connectivity index is 1.39. The Hall–Kier alpha value is -3.47. The molecule has 0 atom stereocenters. The number of nitriles is 1. The third kappa shape index (κ3) is 3.71. The summed E-state index contributed by atoms with van der Waals surface area (Å²) in [6, 6.07) is 7.70. The largest absolute Gasteiger partial charge is 0.352 e. The molecule has 8 nitrogen and oxygen atoms in total. The van der Waals surface area contributed by atoms with E-state index < -0.39 is 0 Å². The predicted octanol–water partition coefficient (Wildman–Crippen LogP) is 2.20. The molecule has 1 amide bonds. The van der Waals surface area contributed by atoms with Crippen molar-refractivity contribution in [2.45, 2.75) is 33.6 Å². The Morgan fingerprint density at radius 3 is 2.70 bits per heavy atom.